The maximum absolute atomic E-state index is 13.3. The van der Waals surface area contributed by atoms with E-state index in [9.17, 15) is 4.79 Å². The molecule has 0 saturated carbocycles. The normalized spacial score (nSPS) is 25.9. The van der Waals surface area contributed by atoms with Gasteiger partial charge in [-0.25, -0.2) is 4.79 Å². The van der Waals surface area contributed by atoms with Gasteiger partial charge in [0.15, 0.2) is 0 Å². The molecule has 38 heavy (non-hydrogen) atoms. The first kappa shape index (κ1) is 25.7. The lowest BCUT2D eigenvalue weighted by molar-refractivity contribution is 0.0935. The van der Waals surface area contributed by atoms with E-state index in [0.29, 0.717) is 17.3 Å². The molecule has 6 rings (SSSR count). The summed E-state index contributed by atoms with van der Waals surface area (Å²) in [6.07, 6.45) is 6.22. The number of carbonyl (C=O) groups excluding carboxylic acids is 1. The van der Waals surface area contributed by atoms with E-state index in [2.05, 4.69) is 74.2 Å². The van der Waals surface area contributed by atoms with Crippen LogP contribution in [-0.2, 0) is 6.54 Å². The maximum atomic E-state index is 13.3. The first-order valence-corrected chi connectivity index (χ1v) is 14.8. The van der Waals surface area contributed by atoms with Gasteiger partial charge in [-0.05, 0) is 86.3 Å². The van der Waals surface area contributed by atoms with Gasteiger partial charge in [0.1, 0.15) is 5.75 Å². The number of benzene rings is 2. The second kappa shape index (κ2) is 11.3. The highest BCUT2D eigenvalue weighted by Crippen LogP contribution is 2.42. The Labute approximate surface area is 228 Å². The van der Waals surface area contributed by atoms with Gasteiger partial charge in [-0.15, -0.1) is 0 Å². The van der Waals surface area contributed by atoms with E-state index >= 15 is 0 Å². The fourth-order valence-corrected chi connectivity index (χ4v) is 7.50. The largest absolute Gasteiger partial charge is 0.497 e. The molecule has 4 aliphatic rings. The van der Waals surface area contributed by atoms with E-state index in [1.54, 1.807) is 7.11 Å². The van der Waals surface area contributed by atoms with Crippen LogP contribution in [0.25, 0.3) is 0 Å². The van der Waals surface area contributed by atoms with Crippen molar-refractivity contribution in [1.82, 2.24) is 19.6 Å². The summed E-state index contributed by atoms with van der Waals surface area (Å²) < 4.78 is 5.32. The molecule has 2 atom stereocenters. The van der Waals surface area contributed by atoms with E-state index in [1.165, 1.54) is 56.6 Å². The van der Waals surface area contributed by atoms with Crippen LogP contribution in [0.2, 0.25) is 0 Å². The number of urea groups is 1. The van der Waals surface area contributed by atoms with Crippen LogP contribution >= 0.6 is 0 Å². The molecule has 1 spiro atoms. The van der Waals surface area contributed by atoms with Crippen molar-refractivity contribution in [3.8, 4) is 5.75 Å². The molecule has 0 aromatic heterocycles. The van der Waals surface area contributed by atoms with E-state index in [0.717, 1.165) is 57.9 Å². The van der Waals surface area contributed by atoms with Crippen LogP contribution < -0.4 is 4.74 Å². The van der Waals surface area contributed by atoms with Gasteiger partial charge in [0, 0.05) is 51.7 Å². The number of carbonyl (C=O) groups is 1. The van der Waals surface area contributed by atoms with Gasteiger partial charge in [0.05, 0.1) is 7.11 Å². The van der Waals surface area contributed by atoms with E-state index in [4.69, 9.17) is 4.74 Å². The number of hydrogen-bond donors (Lipinski definition) is 0. The van der Waals surface area contributed by atoms with Crippen LogP contribution in [0.5, 0.6) is 5.75 Å². The summed E-state index contributed by atoms with van der Waals surface area (Å²) in [6.45, 7) is 10.6. The highest BCUT2D eigenvalue weighted by Gasteiger charge is 2.43. The summed E-state index contributed by atoms with van der Waals surface area (Å²) in [7, 11) is 1.73. The predicted octanol–water partition coefficient (Wildman–Crippen LogP) is 4.91. The zero-order valence-corrected chi connectivity index (χ0v) is 23.1. The molecular weight excluding hydrogens is 472 g/mol. The van der Waals surface area contributed by atoms with Gasteiger partial charge in [-0.2, -0.15) is 0 Å². The van der Waals surface area contributed by atoms with Gasteiger partial charge < -0.3 is 19.4 Å². The van der Waals surface area contributed by atoms with Gasteiger partial charge in [-0.1, -0.05) is 42.5 Å². The average Bonchev–Trinajstić information content (AvgIpc) is 3.72. The lowest BCUT2D eigenvalue weighted by Gasteiger charge is -2.40. The topological polar surface area (TPSA) is 39.3 Å². The number of rotatable bonds is 6. The molecule has 0 N–H and O–H groups in total. The lowest BCUT2D eigenvalue weighted by atomic mass is 9.77. The van der Waals surface area contributed by atoms with Crippen molar-refractivity contribution in [2.75, 3.05) is 66.0 Å². The van der Waals surface area contributed by atoms with Crippen molar-refractivity contribution in [3.63, 3.8) is 0 Å². The summed E-state index contributed by atoms with van der Waals surface area (Å²) in [5.41, 5.74) is 3.25. The first-order chi connectivity index (χ1) is 18.6. The fraction of sp³-hybridized carbons (Fsp3) is 0.594. The van der Waals surface area contributed by atoms with E-state index < -0.39 is 0 Å². The smallest absolute Gasteiger partial charge is 0.320 e. The number of amides is 2. The molecule has 4 heterocycles. The summed E-state index contributed by atoms with van der Waals surface area (Å²) in [6, 6.07) is 19.8. The lowest BCUT2D eigenvalue weighted by Crippen LogP contribution is -2.44. The van der Waals surface area contributed by atoms with Crippen LogP contribution in [0.4, 0.5) is 4.79 Å². The molecule has 204 valence electrons. The van der Waals surface area contributed by atoms with E-state index in [-0.39, 0.29) is 6.03 Å². The molecule has 0 aliphatic carbocycles. The molecule has 2 amide bonds. The van der Waals surface area contributed by atoms with Crippen molar-refractivity contribution in [1.29, 1.82) is 0 Å². The third-order valence-electron chi connectivity index (χ3n) is 9.81. The Hall–Kier alpha value is -2.57. The van der Waals surface area contributed by atoms with Crippen LogP contribution in [0.1, 0.15) is 49.1 Å². The SMILES string of the molecule is COc1ccc(CN2CCC3(CCN(C[C@H]4CN(C(=O)N5CCCC5)C[C@@H]4c4ccccc4)CC3)C2)cc1. The molecule has 0 radical (unpaired) electrons. The van der Waals surface area contributed by atoms with Crippen molar-refractivity contribution in [2.45, 2.75) is 44.6 Å². The Bertz CT molecular complexity index is 1060. The van der Waals surface area contributed by atoms with Crippen molar-refractivity contribution >= 4 is 6.03 Å². The monoisotopic (exact) mass is 516 g/mol. The molecule has 0 unspecified atom stereocenters. The summed E-state index contributed by atoms with van der Waals surface area (Å²) in [4.78, 5) is 22.9. The molecule has 2 aromatic carbocycles. The summed E-state index contributed by atoms with van der Waals surface area (Å²) in [5.74, 6) is 1.87. The molecule has 6 heteroatoms. The fourth-order valence-electron chi connectivity index (χ4n) is 7.50. The molecule has 4 fully saturated rings. The molecule has 0 bridgehead atoms. The predicted molar refractivity (Wildman–Crippen MR) is 151 cm³/mol. The third kappa shape index (κ3) is 5.57. The summed E-state index contributed by atoms with van der Waals surface area (Å²) >= 11 is 0. The number of piperidine rings is 1. The number of methoxy groups -OCH3 is 1. The standard InChI is InChI=1S/C32H44N4O2/c1-38-29-11-9-26(10-12-29)21-34-20-15-32(25-34)13-18-33(19-14-32)22-28-23-36(31(37)35-16-5-6-17-35)24-30(28)27-7-3-2-4-8-27/h2-4,7-12,28,30H,5-6,13-25H2,1H3/t28-,30+/m0/s1. The molecular formula is C32H44N4O2. The minimum absolute atomic E-state index is 0.270. The van der Waals surface area contributed by atoms with Crippen LogP contribution in [0, 0.1) is 11.3 Å². The second-order valence-corrected chi connectivity index (χ2v) is 12.3. The second-order valence-electron chi connectivity index (χ2n) is 12.3. The van der Waals surface area contributed by atoms with Gasteiger partial charge in [0.25, 0.3) is 0 Å². The Morgan fingerprint density at radius 3 is 2.21 bits per heavy atom. The first-order valence-electron chi connectivity index (χ1n) is 14.8. The molecule has 4 aliphatic heterocycles. The number of nitrogens with zero attached hydrogens (tertiary/aromatic N) is 4. The van der Waals surface area contributed by atoms with Gasteiger partial charge >= 0.3 is 6.03 Å². The molecule has 2 aromatic rings. The Kier molecular flexibility index (Phi) is 7.62. The number of ether oxygens (including phenoxy) is 1. The summed E-state index contributed by atoms with van der Waals surface area (Å²) in [5, 5.41) is 0. The van der Waals surface area contributed by atoms with Crippen LogP contribution in [0.3, 0.4) is 0 Å². The molecule has 6 nitrogen and oxygen atoms in total. The van der Waals surface area contributed by atoms with Crippen LogP contribution in [0.15, 0.2) is 54.6 Å². The highest BCUT2D eigenvalue weighted by molar-refractivity contribution is 5.75. The van der Waals surface area contributed by atoms with Crippen molar-refractivity contribution in [2.24, 2.45) is 11.3 Å². The Morgan fingerprint density at radius 2 is 1.53 bits per heavy atom. The average molecular weight is 517 g/mol. The zero-order valence-electron chi connectivity index (χ0n) is 23.1. The van der Waals surface area contributed by atoms with Crippen molar-refractivity contribution < 1.29 is 9.53 Å². The van der Waals surface area contributed by atoms with Gasteiger partial charge in [0.2, 0.25) is 0 Å². The van der Waals surface area contributed by atoms with Gasteiger partial charge in [-0.3, -0.25) is 4.90 Å². The number of hydrogen-bond acceptors (Lipinski definition) is 4. The van der Waals surface area contributed by atoms with Crippen molar-refractivity contribution in [3.05, 3.63) is 65.7 Å². The minimum atomic E-state index is 0.270. The Balaban J connectivity index is 1.05. The minimum Gasteiger partial charge on any atom is -0.497 e. The third-order valence-corrected chi connectivity index (χ3v) is 9.81. The zero-order chi connectivity index (χ0) is 26.0. The number of likely N-dealkylation sites (tertiary alicyclic amines) is 4. The maximum Gasteiger partial charge on any atom is 0.320 e. The van der Waals surface area contributed by atoms with E-state index in [1.807, 2.05) is 0 Å². The Morgan fingerprint density at radius 1 is 0.842 bits per heavy atom. The van der Waals surface area contributed by atoms with Crippen LogP contribution in [-0.4, -0.2) is 91.6 Å². The quantitative estimate of drug-likeness (QED) is 0.547. The highest BCUT2D eigenvalue weighted by atomic mass is 16.5. The molecule has 4 saturated heterocycles.